The van der Waals surface area contributed by atoms with Crippen LogP contribution in [-0.4, -0.2) is 38.1 Å². The minimum atomic E-state index is -0.330. The number of aromatic hydroxyl groups is 1. The van der Waals surface area contributed by atoms with Crippen molar-refractivity contribution in [3.8, 4) is 16.2 Å². The Balaban J connectivity index is 1.47. The molecule has 34 heavy (non-hydrogen) atoms. The monoisotopic (exact) mass is 477 g/mol. The number of aryl methyl sites for hydroxylation is 1. The van der Waals surface area contributed by atoms with E-state index in [9.17, 15) is 19.1 Å². The van der Waals surface area contributed by atoms with Crippen LogP contribution >= 0.6 is 11.3 Å². The zero-order valence-electron chi connectivity index (χ0n) is 18.7. The summed E-state index contributed by atoms with van der Waals surface area (Å²) in [6.07, 6.45) is 4.32. The predicted octanol–water partition coefficient (Wildman–Crippen LogP) is 4.97. The number of phenols is 1. The molecule has 1 aliphatic heterocycles. The Morgan fingerprint density at radius 3 is 2.74 bits per heavy atom. The molecule has 174 valence electrons. The second kappa shape index (κ2) is 9.02. The molecule has 6 nitrogen and oxygen atoms in total. The number of piperidine rings is 1. The minimum absolute atomic E-state index is 0.0726. The smallest absolute Gasteiger partial charge is 0.274 e. The van der Waals surface area contributed by atoms with E-state index in [4.69, 9.17) is 0 Å². The molecule has 0 unspecified atom stereocenters. The van der Waals surface area contributed by atoms with Gasteiger partial charge in [0.2, 0.25) is 0 Å². The number of carbonyl (C=O) groups is 1. The molecule has 2 aromatic carbocycles. The zero-order chi connectivity index (χ0) is 23.8. The molecule has 0 radical (unpaired) electrons. The zero-order valence-corrected chi connectivity index (χ0v) is 19.5. The van der Waals surface area contributed by atoms with Gasteiger partial charge >= 0.3 is 0 Å². The molecule has 1 amide bonds. The number of pyridine rings is 1. The molecular weight excluding hydrogens is 453 g/mol. The highest BCUT2D eigenvalue weighted by Crippen LogP contribution is 2.32. The molecular formula is C26H24FN3O3S. The fraction of sp³-hybridized carbons (Fsp3) is 0.269. The first-order valence-electron chi connectivity index (χ1n) is 11.3. The Hall–Kier alpha value is -3.52. The van der Waals surface area contributed by atoms with E-state index in [0.29, 0.717) is 29.6 Å². The van der Waals surface area contributed by atoms with Crippen molar-refractivity contribution < 1.29 is 14.3 Å². The lowest BCUT2D eigenvalue weighted by atomic mass is 10.0. The third kappa shape index (κ3) is 4.09. The summed E-state index contributed by atoms with van der Waals surface area (Å²) in [5, 5.41) is 11.8. The van der Waals surface area contributed by atoms with E-state index in [0.717, 1.165) is 34.7 Å². The lowest BCUT2D eigenvalue weighted by Gasteiger charge is -2.36. The minimum Gasteiger partial charge on any atom is -0.507 e. The first-order chi connectivity index (χ1) is 16.4. The van der Waals surface area contributed by atoms with Gasteiger partial charge in [0.15, 0.2) is 0 Å². The van der Waals surface area contributed by atoms with Crippen molar-refractivity contribution in [2.75, 3.05) is 6.54 Å². The molecule has 4 aromatic rings. The summed E-state index contributed by atoms with van der Waals surface area (Å²) >= 11 is 1.42. The van der Waals surface area contributed by atoms with E-state index in [1.807, 2.05) is 11.8 Å². The van der Waals surface area contributed by atoms with Gasteiger partial charge in [0.25, 0.3) is 11.5 Å². The van der Waals surface area contributed by atoms with Crippen LogP contribution < -0.4 is 5.56 Å². The number of fused-ring (bicyclic) bond motifs is 1. The summed E-state index contributed by atoms with van der Waals surface area (Å²) < 4.78 is 15.1. The number of halogens is 1. The summed E-state index contributed by atoms with van der Waals surface area (Å²) in [6.45, 7) is 2.81. The first-order valence-corrected chi connectivity index (χ1v) is 12.1. The van der Waals surface area contributed by atoms with Gasteiger partial charge < -0.3 is 14.6 Å². The second-order valence-electron chi connectivity index (χ2n) is 8.58. The van der Waals surface area contributed by atoms with E-state index in [-0.39, 0.29) is 29.1 Å². The van der Waals surface area contributed by atoms with Crippen molar-refractivity contribution in [2.24, 2.45) is 0 Å². The number of aromatic nitrogens is 2. The average Bonchev–Trinajstić information content (AvgIpc) is 3.23. The lowest BCUT2D eigenvalue weighted by molar-refractivity contribution is 0.0583. The Labute approximate surface area is 199 Å². The van der Waals surface area contributed by atoms with Crippen molar-refractivity contribution in [2.45, 2.75) is 38.8 Å². The number of likely N-dealkylation sites (tertiary alicyclic amines) is 1. The average molecular weight is 478 g/mol. The topological polar surface area (TPSA) is 75.4 Å². The molecule has 2 aromatic heterocycles. The molecule has 0 aliphatic carbocycles. The van der Waals surface area contributed by atoms with Crippen LogP contribution in [-0.2, 0) is 6.54 Å². The SMILES string of the molecule is Cc1nc(C(=O)N2CCCC[C@H]2Cn2ccc3c(O)cccc3c2=O)c(-c2ccc(F)cc2)s1. The molecule has 0 saturated carbocycles. The maximum Gasteiger partial charge on any atom is 0.274 e. The molecule has 1 aliphatic rings. The molecule has 0 spiro atoms. The van der Waals surface area contributed by atoms with E-state index < -0.39 is 0 Å². The molecule has 1 atom stereocenters. The van der Waals surface area contributed by atoms with Crippen molar-refractivity contribution in [3.05, 3.63) is 81.6 Å². The van der Waals surface area contributed by atoms with Gasteiger partial charge in [-0.3, -0.25) is 9.59 Å². The van der Waals surface area contributed by atoms with Crippen LogP contribution in [0.25, 0.3) is 21.2 Å². The van der Waals surface area contributed by atoms with Gasteiger partial charge in [0.1, 0.15) is 17.3 Å². The number of thiazole rings is 1. The number of phenolic OH excluding ortho intramolecular Hbond substituents is 1. The quantitative estimate of drug-likeness (QED) is 0.450. The number of carbonyl (C=O) groups excluding carboxylic acids is 1. The highest BCUT2D eigenvalue weighted by molar-refractivity contribution is 7.15. The molecule has 1 fully saturated rings. The maximum atomic E-state index is 13.7. The van der Waals surface area contributed by atoms with Gasteiger partial charge in [-0.05, 0) is 62.1 Å². The largest absolute Gasteiger partial charge is 0.507 e. The third-order valence-electron chi connectivity index (χ3n) is 6.33. The van der Waals surface area contributed by atoms with Gasteiger partial charge in [-0.25, -0.2) is 9.37 Å². The predicted molar refractivity (Wildman–Crippen MR) is 131 cm³/mol. The number of rotatable bonds is 4. The number of nitrogens with zero attached hydrogens (tertiary/aromatic N) is 3. The van der Waals surface area contributed by atoms with E-state index in [1.165, 1.54) is 23.5 Å². The van der Waals surface area contributed by atoms with Crippen molar-refractivity contribution in [3.63, 3.8) is 0 Å². The van der Waals surface area contributed by atoms with E-state index >= 15 is 0 Å². The summed E-state index contributed by atoms with van der Waals surface area (Å²) in [5.74, 6) is -0.425. The summed E-state index contributed by atoms with van der Waals surface area (Å²) in [7, 11) is 0. The number of amides is 1. The first kappa shape index (κ1) is 22.3. The summed E-state index contributed by atoms with van der Waals surface area (Å²) in [4.78, 5) is 33.9. The summed E-state index contributed by atoms with van der Waals surface area (Å²) in [5.41, 5.74) is 0.939. The molecule has 1 saturated heterocycles. The Morgan fingerprint density at radius 1 is 1.15 bits per heavy atom. The molecule has 8 heteroatoms. The highest BCUT2D eigenvalue weighted by atomic mass is 32.1. The standard InChI is InChI=1S/C26H24FN3O3S/c1-16-28-23(24(34-16)17-8-10-18(27)11-9-17)26(33)30-13-3-2-5-19(30)15-29-14-12-20-21(25(29)32)6-4-7-22(20)31/h4,6-12,14,19,31H,2-3,5,13,15H2,1H3/t19-/m0/s1. The highest BCUT2D eigenvalue weighted by Gasteiger charge is 2.31. The van der Waals surface area contributed by atoms with Crippen LogP contribution in [0.5, 0.6) is 5.75 Å². The van der Waals surface area contributed by atoms with Gasteiger partial charge in [-0.2, -0.15) is 0 Å². The molecule has 5 rings (SSSR count). The molecule has 3 heterocycles. The van der Waals surface area contributed by atoms with Gasteiger partial charge in [0.05, 0.1) is 21.3 Å². The Bertz CT molecular complexity index is 1430. The van der Waals surface area contributed by atoms with E-state index in [1.54, 1.807) is 47.2 Å². The van der Waals surface area contributed by atoms with Crippen LogP contribution in [0.2, 0.25) is 0 Å². The lowest BCUT2D eigenvalue weighted by Crippen LogP contribution is -2.47. The fourth-order valence-electron chi connectivity index (χ4n) is 4.64. The van der Waals surface area contributed by atoms with Gasteiger partial charge in [0, 0.05) is 24.7 Å². The van der Waals surface area contributed by atoms with Crippen LogP contribution in [0.1, 0.15) is 34.8 Å². The Kier molecular flexibility index (Phi) is 5.91. The third-order valence-corrected chi connectivity index (χ3v) is 7.35. The van der Waals surface area contributed by atoms with Crippen molar-refractivity contribution in [1.29, 1.82) is 0 Å². The van der Waals surface area contributed by atoms with Crippen LogP contribution in [0, 0.1) is 12.7 Å². The van der Waals surface area contributed by atoms with Gasteiger partial charge in [-0.15, -0.1) is 11.3 Å². The second-order valence-corrected chi connectivity index (χ2v) is 9.78. The van der Waals surface area contributed by atoms with Crippen LogP contribution in [0.3, 0.4) is 0 Å². The molecule has 0 bridgehead atoms. The number of hydrogen-bond donors (Lipinski definition) is 1. The van der Waals surface area contributed by atoms with Crippen molar-refractivity contribution >= 4 is 28.0 Å². The number of benzene rings is 2. The summed E-state index contributed by atoms with van der Waals surface area (Å²) in [6, 6.07) is 12.6. The Morgan fingerprint density at radius 2 is 1.94 bits per heavy atom. The van der Waals surface area contributed by atoms with Crippen LogP contribution in [0.4, 0.5) is 4.39 Å². The van der Waals surface area contributed by atoms with Crippen molar-refractivity contribution in [1.82, 2.24) is 14.5 Å². The fourth-order valence-corrected chi connectivity index (χ4v) is 5.55. The van der Waals surface area contributed by atoms with Crippen LogP contribution in [0.15, 0.2) is 59.5 Å². The maximum absolute atomic E-state index is 13.7. The molecule has 1 N–H and O–H groups in total. The van der Waals surface area contributed by atoms with Gasteiger partial charge in [-0.1, -0.05) is 18.2 Å². The normalized spacial score (nSPS) is 16.2. The number of hydrogen-bond acceptors (Lipinski definition) is 5. The van der Waals surface area contributed by atoms with E-state index in [2.05, 4.69) is 4.98 Å².